The highest BCUT2D eigenvalue weighted by Crippen LogP contribution is 2.26. The fourth-order valence-corrected chi connectivity index (χ4v) is 2.70. The standard InChI is InChI=1S/C18H30N6O3/c1-12-9-15(13(2)27-12)18(4,25)11-21-17(19-7-8-26-6)20-10-16-23-22-14(3)24(16)5/h9,25H,7-8,10-11H2,1-6H3,(H2,19,20,21). The predicted molar refractivity (Wildman–Crippen MR) is 103 cm³/mol. The van der Waals surface area contributed by atoms with Crippen molar-refractivity contribution >= 4 is 5.96 Å². The average Bonchev–Trinajstić information content (AvgIpc) is 3.12. The van der Waals surface area contributed by atoms with Crippen LogP contribution in [0.2, 0.25) is 0 Å². The third-order valence-corrected chi connectivity index (χ3v) is 4.38. The number of furan rings is 1. The number of aliphatic hydroxyl groups is 1. The SMILES string of the molecule is COCCNC(=NCc1nnc(C)n1C)NCC(C)(O)c1cc(C)oc1C. The molecular weight excluding hydrogens is 348 g/mol. The Morgan fingerprint density at radius 1 is 1.33 bits per heavy atom. The minimum atomic E-state index is -1.10. The lowest BCUT2D eigenvalue weighted by Gasteiger charge is -2.24. The van der Waals surface area contributed by atoms with Gasteiger partial charge in [0.15, 0.2) is 11.8 Å². The molecule has 0 bridgehead atoms. The first-order valence-electron chi connectivity index (χ1n) is 8.90. The summed E-state index contributed by atoms with van der Waals surface area (Å²) in [5.41, 5.74) is -0.347. The molecule has 2 aromatic rings. The van der Waals surface area contributed by atoms with Gasteiger partial charge in [-0.1, -0.05) is 0 Å². The number of nitrogens with one attached hydrogen (secondary N) is 2. The number of guanidine groups is 1. The number of hydrogen-bond donors (Lipinski definition) is 3. The minimum absolute atomic E-state index is 0.267. The Hall–Kier alpha value is -2.39. The van der Waals surface area contributed by atoms with Crippen molar-refractivity contribution in [1.82, 2.24) is 25.4 Å². The molecule has 9 nitrogen and oxygen atoms in total. The Balaban J connectivity index is 2.08. The maximum atomic E-state index is 10.9. The van der Waals surface area contributed by atoms with Crippen molar-refractivity contribution in [1.29, 1.82) is 0 Å². The lowest BCUT2D eigenvalue weighted by atomic mass is 9.96. The van der Waals surface area contributed by atoms with Gasteiger partial charge in [0.25, 0.3) is 0 Å². The molecule has 0 aliphatic rings. The number of nitrogens with zero attached hydrogens (tertiary/aromatic N) is 4. The van der Waals surface area contributed by atoms with E-state index in [2.05, 4.69) is 25.8 Å². The Bertz CT molecular complexity index is 778. The Labute approximate surface area is 159 Å². The second-order valence-electron chi connectivity index (χ2n) is 6.76. The number of aryl methyl sites for hydroxylation is 3. The lowest BCUT2D eigenvalue weighted by molar-refractivity contribution is 0.0601. The summed E-state index contributed by atoms with van der Waals surface area (Å²) in [7, 11) is 3.55. The van der Waals surface area contributed by atoms with Gasteiger partial charge in [0.2, 0.25) is 0 Å². The molecule has 1 atom stereocenters. The lowest BCUT2D eigenvalue weighted by Crippen LogP contribution is -2.45. The van der Waals surface area contributed by atoms with Crippen LogP contribution in [-0.4, -0.2) is 52.6 Å². The molecule has 1 unspecified atom stereocenters. The molecular formula is C18H30N6O3. The Morgan fingerprint density at radius 3 is 2.63 bits per heavy atom. The molecule has 0 spiro atoms. The summed E-state index contributed by atoms with van der Waals surface area (Å²) < 4.78 is 12.5. The van der Waals surface area contributed by atoms with Gasteiger partial charge >= 0.3 is 0 Å². The zero-order chi connectivity index (χ0) is 20.0. The Morgan fingerprint density at radius 2 is 2.07 bits per heavy atom. The van der Waals surface area contributed by atoms with E-state index >= 15 is 0 Å². The largest absolute Gasteiger partial charge is 0.466 e. The quantitative estimate of drug-likeness (QED) is 0.356. The van der Waals surface area contributed by atoms with Crippen LogP contribution in [0.15, 0.2) is 15.5 Å². The smallest absolute Gasteiger partial charge is 0.191 e. The summed E-state index contributed by atoms with van der Waals surface area (Å²) in [6, 6.07) is 1.86. The number of aliphatic imine (C=N–C) groups is 1. The van der Waals surface area contributed by atoms with Gasteiger partial charge in [-0.25, -0.2) is 4.99 Å². The molecule has 0 amide bonds. The van der Waals surface area contributed by atoms with Gasteiger partial charge in [-0.15, -0.1) is 10.2 Å². The third-order valence-electron chi connectivity index (χ3n) is 4.38. The second-order valence-corrected chi connectivity index (χ2v) is 6.76. The van der Waals surface area contributed by atoms with Gasteiger partial charge in [-0.3, -0.25) is 0 Å². The van der Waals surface area contributed by atoms with Gasteiger partial charge in [0.05, 0.1) is 13.2 Å². The second kappa shape index (κ2) is 9.01. The van der Waals surface area contributed by atoms with Gasteiger partial charge in [0.1, 0.15) is 29.5 Å². The number of rotatable bonds is 8. The van der Waals surface area contributed by atoms with Crippen LogP contribution in [-0.2, 0) is 23.9 Å². The van der Waals surface area contributed by atoms with Crippen molar-refractivity contribution < 1.29 is 14.3 Å². The summed E-state index contributed by atoms with van der Waals surface area (Å²) >= 11 is 0. The molecule has 2 heterocycles. The van der Waals surface area contributed by atoms with E-state index in [1.807, 2.05) is 38.5 Å². The van der Waals surface area contributed by atoms with Gasteiger partial charge in [-0.05, 0) is 33.8 Å². The molecule has 0 aromatic carbocycles. The highest BCUT2D eigenvalue weighted by atomic mass is 16.5. The minimum Gasteiger partial charge on any atom is -0.466 e. The number of hydrogen-bond acceptors (Lipinski definition) is 6. The van der Waals surface area contributed by atoms with Crippen molar-refractivity contribution in [3.8, 4) is 0 Å². The van der Waals surface area contributed by atoms with E-state index in [4.69, 9.17) is 9.15 Å². The molecule has 27 heavy (non-hydrogen) atoms. The van der Waals surface area contributed by atoms with E-state index in [1.54, 1.807) is 14.0 Å². The van der Waals surface area contributed by atoms with Crippen LogP contribution in [0.1, 0.15) is 35.7 Å². The number of methoxy groups -OCH3 is 1. The fourth-order valence-electron chi connectivity index (χ4n) is 2.70. The summed E-state index contributed by atoms with van der Waals surface area (Å²) in [6.45, 7) is 9.11. The van der Waals surface area contributed by atoms with Gasteiger partial charge < -0.3 is 29.5 Å². The molecule has 150 valence electrons. The van der Waals surface area contributed by atoms with Crippen molar-refractivity contribution in [3.63, 3.8) is 0 Å². The van der Waals surface area contributed by atoms with Crippen LogP contribution >= 0.6 is 0 Å². The predicted octanol–water partition coefficient (Wildman–Crippen LogP) is 0.923. The highest BCUT2D eigenvalue weighted by molar-refractivity contribution is 5.79. The number of ether oxygens (including phenoxy) is 1. The normalized spacial score (nSPS) is 14.3. The molecule has 0 saturated heterocycles. The van der Waals surface area contributed by atoms with Crippen LogP contribution < -0.4 is 10.6 Å². The average molecular weight is 378 g/mol. The maximum absolute atomic E-state index is 10.9. The van der Waals surface area contributed by atoms with Crippen LogP contribution in [0.3, 0.4) is 0 Å². The summed E-state index contributed by atoms with van der Waals surface area (Å²) in [5.74, 6) is 3.63. The molecule has 0 aliphatic heterocycles. The Kier molecular flexibility index (Phi) is 6.98. The molecule has 2 aromatic heterocycles. The van der Waals surface area contributed by atoms with Crippen molar-refractivity contribution in [3.05, 3.63) is 34.8 Å². The van der Waals surface area contributed by atoms with Crippen LogP contribution in [0, 0.1) is 20.8 Å². The van der Waals surface area contributed by atoms with Crippen LogP contribution in [0.25, 0.3) is 0 Å². The molecule has 0 aliphatic carbocycles. The van der Waals surface area contributed by atoms with E-state index in [0.717, 1.165) is 23.0 Å². The molecule has 3 N–H and O–H groups in total. The monoisotopic (exact) mass is 378 g/mol. The van der Waals surface area contributed by atoms with Crippen LogP contribution in [0.4, 0.5) is 0 Å². The molecule has 9 heteroatoms. The zero-order valence-corrected chi connectivity index (χ0v) is 17.0. The first-order chi connectivity index (χ1) is 12.7. The van der Waals surface area contributed by atoms with E-state index in [1.165, 1.54) is 0 Å². The van der Waals surface area contributed by atoms with Crippen molar-refractivity contribution in [2.75, 3.05) is 26.8 Å². The molecule has 0 fully saturated rings. The van der Waals surface area contributed by atoms with Crippen LogP contribution in [0.5, 0.6) is 0 Å². The topological polar surface area (TPSA) is 110 Å². The first-order valence-corrected chi connectivity index (χ1v) is 8.90. The van der Waals surface area contributed by atoms with E-state index in [0.29, 0.717) is 31.4 Å². The molecule has 0 radical (unpaired) electrons. The molecule has 2 rings (SSSR count). The highest BCUT2D eigenvalue weighted by Gasteiger charge is 2.28. The van der Waals surface area contributed by atoms with E-state index < -0.39 is 5.60 Å². The summed E-state index contributed by atoms with van der Waals surface area (Å²) in [6.07, 6.45) is 0. The van der Waals surface area contributed by atoms with E-state index in [9.17, 15) is 5.11 Å². The molecule has 0 saturated carbocycles. The number of aromatic nitrogens is 3. The summed E-state index contributed by atoms with van der Waals surface area (Å²) in [5, 5.41) is 25.4. The van der Waals surface area contributed by atoms with Crippen molar-refractivity contribution in [2.24, 2.45) is 12.0 Å². The van der Waals surface area contributed by atoms with Gasteiger partial charge in [0, 0.05) is 26.3 Å². The summed E-state index contributed by atoms with van der Waals surface area (Å²) in [4.78, 5) is 4.55. The zero-order valence-electron chi connectivity index (χ0n) is 17.0. The maximum Gasteiger partial charge on any atom is 0.191 e. The van der Waals surface area contributed by atoms with Crippen molar-refractivity contribution in [2.45, 2.75) is 39.8 Å². The van der Waals surface area contributed by atoms with E-state index in [-0.39, 0.29) is 6.54 Å². The third kappa shape index (κ3) is 5.54. The first kappa shape index (κ1) is 20.9. The fraction of sp³-hybridized carbons (Fsp3) is 0.611. The van der Waals surface area contributed by atoms with Gasteiger partial charge in [-0.2, -0.15) is 0 Å².